The lowest BCUT2D eigenvalue weighted by atomic mass is 9.81. The zero-order chi connectivity index (χ0) is 14.7. The van der Waals surface area contributed by atoms with Crippen LogP contribution in [0.25, 0.3) is 24.3 Å². The Bertz CT molecular complexity index is 898. The van der Waals surface area contributed by atoms with Crippen molar-refractivity contribution in [1.29, 1.82) is 0 Å². The Morgan fingerprint density at radius 2 is 0.818 bits per heavy atom. The molecule has 108 valence electrons. The first-order valence-corrected chi connectivity index (χ1v) is 8.39. The van der Waals surface area contributed by atoms with E-state index in [1.165, 1.54) is 20.9 Å². The van der Waals surface area contributed by atoms with Gasteiger partial charge in [-0.1, -0.05) is 79.8 Å². The molecular formula is C22H20. The van der Waals surface area contributed by atoms with Crippen LogP contribution in [0.3, 0.4) is 0 Å². The van der Waals surface area contributed by atoms with E-state index in [1.54, 1.807) is 0 Å². The summed E-state index contributed by atoms with van der Waals surface area (Å²) >= 11 is 0. The Kier molecular flexibility index (Phi) is 2.52. The van der Waals surface area contributed by atoms with E-state index in [4.69, 9.17) is 0 Å². The average Bonchev–Trinajstić information content (AvgIpc) is 2.83. The molecule has 0 bridgehead atoms. The fourth-order valence-corrected chi connectivity index (χ4v) is 4.90. The summed E-state index contributed by atoms with van der Waals surface area (Å²) in [5, 5.41) is 5.69. The minimum Gasteiger partial charge on any atom is -0.0727 e. The first-order valence-electron chi connectivity index (χ1n) is 8.39. The molecule has 0 radical (unpaired) electrons. The van der Waals surface area contributed by atoms with Gasteiger partial charge in [-0.2, -0.15) is 0 Å². The molecule has 22 heavy (non-hydrogen) atoms. The molecule has 1 fully saturated rings. The lowest BCUT2D eigenvalue weighted by Crippen LogP contribution is -2.35. The Morgan fingerprint density at radius 1 is 0.500 bits per heavy atom. The van der Waals surface area contributed by atoms with Crippen LogP contribution in [-0.2, 0) is 0 Å². The molecule has 0 aliphatic heterocycles. The number of hydrogen-bond acceptors (Lipinski definition) is 0. The molecule has 0 spiro atoms. The third-order valence-corrected chi connectivity index (χ3v) is 6.03. The Hall–Kier alpha value is -2.08. The summed E-state index contributed by atoms with van der Waals surface area (Å²) in [6, 6.07) is 17.7. The molecule has 0 N–H and O–H groups in total. The summed E-state index contributed by atoms with van der Waals surface area (Å²) in [7, 11) is 0. The predicted octanol–water partition coefficient (Wildman–Crippen LogP) is 1.65. The second-order valence-electron chi connectivity index (χ2n) is 7.09. The third-order valence-electron chi connectivity index (χ3n) is 6.03. The first-order chi connectivity index (χ1) is 10.8. The summed E-state index contributed by atoms with van der Waals surface area (Å²) in [4.78, 5) is 0. The van der Waals surface area contributed by atoms with Crippen molar-refractivity contribution in [3.63, 3.8) is 0 Å². The smallest absolute Gasteiger partial charge is 0.00892 e. The van der Waals surface area contributed by atoms with Gasteiger partial charge in [-0.25, -0.2) is 0 Å². The first kappa shape index (κ1) is 12.5. The normalized spacial score (nSPS) is 33.8. The van der Waals surface area contributed by atoms with Gasteiger partial charge in [0.1, 0.15) is 0 Å². The van der Waals surface area contributed by atoms with Crippen LogP contribution >= 0.6 is 0 Å². The van der Waals surface area contributed by atoms with Crippen LogP contribution in [0.5, 0.6) is 0 Å². The van der Waals surface area contributed by atoms with Gasteiger partial charge in [-0.3, -0.25) is 0 Å². The van der Waals surface area contributed by atoms with Gasteiger partial charge in [0.05, 0.1) is 0 Å². The number of rotatable bonds is 0. The van der Waals surface area contributed by atoms with Crippen LogP contribution in [-0.4, -0.2) is 0 Å². The van der Waals surface area contributed by atoms with Crippen molar-refractivity contribution in [2.75, 3.05) is 0 Å². The topological polar surface area (TPSA) is 0 Å². The lowest BCUT2D eigenvalue weighted by molar-refractivity contribution is 0.449. The average molecular weight is 284 g/mol. The van der Waals surface area contributed by atoms with E-state index in [9.17, 15) is 0 Å². The largest absolute Gasteiger partial charge is 0.0727 e. The fourth-order valence-electron chi connectivity index (χ4n) is 4.90. The SMILES string of the molecule is CC1C2C=c3ccccc3=CC2C2C=c3ccccc3=CC12. The minimum absolute atomic E-state index is 0.652. The molecule has 0 heterocycles. The maximum absolute atomic E-state index is 2.54. The molecule has 3 aliphatic rings. The van der Waals surface area contributed by atoms with E-state index < -0.39 is 0 Å². The summed E-state index contributed by atoms with van der Waals surface area (Å²) < 4.78 is 0. The van der Waals surface area contributed by atoms with Gasteiger partial charge >= 0.3 is 0 Å². The highest BCUT2D eigenvalue weighted by molar-refractivity contribution is 5.55. The van der Waals surface area contributed by atoms with Gasteiger partial charge in [0.25, 0.3) is 0 Å². The second kappa shape index (κ2) is 4.46. The molecule has 3 aliphatic carbocycles. The second-order valence-corrected chi connectivity index (χ2v) is 7.09. The summed E-state index contributed by atoms with van der Waals surface area (Å²) in [6.45, 7) is 2.44. The molecule has 5 rings (SSSR count). The standard InChI is InChI=1S/C22H20/c1-14-19-10-15-6-2-4-8-17(15)12-21(19)22-13-18-9-5-3-7-16(18)11-20(14)22/h2-14,19-22H,1H3. The molecule has 2 aromatic rings. The molecule has 0 aromatic heterocycles. The third kappa shape index (κ3) is 1.64. The van der Waals surface area contributed by atoms with E-state index >= 15 is 0 Å². The van der Waals surface area contributed by atoms with Crippen LogP contribution in [0, 0.1) is 29.6 Å². The van der Waals surface area contributed by atoms with Crippen molar-refractivity contribution in [3.8, 4) is 0 Å². The van der Waals surface area contributed by atoms with Gasteiger partial charge in [-0.05, 0) is 50.5 Å². The highest BCUT2D eigenvalue weighted by Gasteiger charge is 2.45. The molecule has 2 aromatic carbocycles. The molecule has 0 saturated heterocycles. The van der Waals surface area contributed by atoms with E-state index in [-0.39, 0.29) is 0 Å². The fraction of sp³-hybridized carbons (Fsp3) is 0.273. The van der Waals surface area contributed by atoms with Gasteiger partial charge in [-0.15, -0.1) is 0 Å². The summed E-state index contributed by atoms with van der Waals surface area (Å²) in [5.41, 5.74) is 0. The number of hydrogen-bond donors (Lipinski definition) is 0. The van der Waals surface area contributed by atoms with Crippen LogP contribution in [0.1, 0.15) is 6.92 Å². The van der Waals surface area contributed by atoms with E-state index in [0.717, 1.165) is 0 Å². The molecule has 1 saturated carbocycles. The Balaban J connectivity index is 1.73. The zero-order valence-electron chi connectivity index (χ0n) is 12.8. The van der Waals surface area contributed by atoms with E-state index in [2.05, 4.69) is 79.8 Å². The van der Waals surface area contributed by atoms with Crippen molar-refractivity contribution in [1.82, 2.24) is 0 Å². The van der Waals surface area contributed by atoms with Crippen molar-refractivity contribution in [2.45, 2.75) is 6.92 Å². The highest BCUT2D eigenvalue weighted by atomic mass is 14.5. The summed E-state index contributed by atoms with van der Waals surface area (Å²) in [5.74, 6) is 3.36. The summed E-state index contributed by atoms with van der Waals surface area (Å²) in [6.07, 6.45) is 10.2. The van der Waals surface area contributed by atoms with Crippen molar-refractivity contribution in [3.05, 3.63) is 69.4 Å². The molecule has 0 amide bonds. The molecular weight excluding hydrogens is 264 g/mol. The molecule has 4 unspecified atom stereocenters. The quantitative estimate of drug-likeness (QED) is 0.690. The van der Waals surface area contributed by atoms with Crippen LogP contribution < -0.4 is 20.9 Å². The van der Waals surface area contributed by atoms with Crippen LogP contribution in [0.15, 0.2) is 48.5 Å². The maximum atomic E-state index is 2.54. The predicted molar refractivity (Wildman–Crippen MR) is 92.4 cm³/mol. The zero-order valence-corrected chi connectivity index (χ0v) is 12.8. The van der Waals surface area contributed by atoms with E-state index in [1.807, 2.05) is 0 Å². The van der Waals surface area contributed by atoms with Gasteiger partial charge in [0, 0.05) is 0 Å². The molecule has 4 atom stereocenters. The lowest BCUT2D eigenvalue weighted by Gasteiger charge is -2.23. The van der Waals surface area contributed by atoms with Crippen LogP contribution in [0.2, 0.25) is 0 Å². The van der Waals surface area contributed by atoms with Crippen molar-refractivity contribution in [2.24, 2.45) is 29.6 Å². The van der Waals surface area contributed by atoms with Crippen molar-refractivity contribution < 1.29 is 0 Å². The minimum atomic E-state index is 0.652. The Morgan fingerprint density at radius 3 is 1.18 bits per heavy atom. The van der Waals surface area contributed by atoms with E-state index in [0.29, 0.717) is 29.6 Å². The van der Waals surface area contributed by atoms with Crippen LogP contribution in [0.4, 0.5) is 0 Å². The van der Waals surface area contributed by atoms with Gasteiger partial charge < -0.3 is 0 Å². The van der Waals surface area contributed by atoms with Gasteiger partial charge in [0.2, 0.25) is 0 Å². The number of fused-ring (bicyclic) bond motifs is 5. The molecule has 0 nitrogen and oxygen atoms in total. The van der Waals surface area contributed by atoms with Crippen molar-refractivity contribution >= 4 is 24.3 Å². The highest BCUT2D eigenvalue weighted by Crippen LogP contribution is 2.50. The Labute approximate surface area is 130 Å². The number of benzene rings is 2. The maximum Gasteiger partial charge on any atom is -0.00892 e. The monoisotopic (exact) mass is 284 g/mol. The van der Waals surface area contributed by atoms with Gasteiger partial charge in [0.15, 0.2) is 0 Å². The molecule has 0 heteroatoms.